The molecule has 2 N–H and O–H groups in total. The molecule has 5 heteroatoms. The molecular formula is C13H16FNO3. The lowest BCUT2D eigenvalue weighted by atomic mass is 10.2. The number of benzene rings is 1. The van der Waals surface area contributed by atoms with Crippen LogP contribution in [-0.4, -0.2) is 30.8 Å². The fraction of sp³-hybridized carbons (Fsp3) is 0.308. The van der Waals surface area contributed by atoms with E-state index in [0.29, 0.717) is 13.2 Å². The molecule has 0 heterocycles. The first-order valence-electron chi connectivity index (χ1n) is 5.49. The second kappa shape index (κ2) is 6.76. The van der Waals surface area contributed by atoms with Crippen LogP contribution < -0.4 is 5.32 Å². The number of phenols is 1. The smallest absolute Gasteiger partial charge is 0.254 e. The number of halogens is 1. The number of ether oxygens (including phenoxy) is 1. The maximum Gasteiger partial charge on any atom is 0.254 e. The largest absolute Gasteiger partial charge is 0.508 e. The van der Waals surface area contributed by atoms with Crippen molar-refractivity contribution in [1.29, 1.82) is 0 Å². The van der Waals surface area contributed by atoms with Crippen LogP contribution in [0, 0.1) is 5.82 Å². The Kier molecular flexibility index (Phi) is 5.32. The third-order valence-corrected chi connectivity index (χ3v) is 2.08. The Balaban J connectivity index is 2.39. The second-order valence-electron chi connectivity index (χ2n) is 3.93. The number of phenolic OH excluding ortho intramolecular Hbond substituents is 1. The van der Waals surface area contributed by atoms with Crippen molar-refractivity contribution in [1.82, 2.24) is 5.32 Å². The molecule has 1 amide bonds. The molecule has 0 radical (unpaired) electrons. The summed E-state index contributed by atoms with van der Waals surface area (Å²) in [5.74, 6) is -1.50. The van der Waals surface area contributed by atoms with Crippen LogP contribution in [0.15, 0.2) is 30.4 Å². The Labute approximate surface area is 105 Å². The van der Waals surface area contributed by atoms with Gasteiger partial charge in [-0.05, 0) is 19.1 Å². The van der Waals surface area contributed by atoms with Crippen molar-refractivity contribution in [3.8, 4) is 5.75 Å². The number of aromatic hydroxyl groups is 1. The van der Waals surface area contributed by atoms with Crippen LogP contribution in [0.2, 0.25) is 0 Å². The molecule has 0 aliphatic carbocycles. The van der Waals surface area contributed by atoms with E-state index in [1.807, 2.05) is 6.92 Å². The van der Waals surface area contributed by atoms with E-state index in [0.717, 1.165) is 11.6 Å². The van der Waals surface area contributed by atoms with Crippen LogP contribution in [0.25, 0.3) is 0 Å². The van der Waals surface area contributed by atoms with Crippen LogP contribution >= 0.6 is 0 Å². The first-order chi connectivity index (χ1) is 8.50. The minimum Gasteiger partial charge on any atom is -0.508 e. The Hall–Kier alpha value is -1.88. The fourth-order valence-electron chi connectivity index (χ4n) is 1.27. The number of nitrogens with one attached hydrogen (secondary N) is 1. The molecule has 0 aromatic heterocycles. The molecule has 1 rings (SSSR count). The summed E-state index contributed by atoms with van der Waals surface area (Å²) < 4.78 is 18.5. The monoisotopic (exact) mass is 253 g/mol. The molecule has 0 spiro atoms. The van der Waals surface area contributed by atoms with Gasteiger partial charge >= 0.3 is 0 Å². The minimum absolute atomic E-state index is 0.104. The average Bonchev–Trinajstić information content (AvgIpc) is 2.27. The number of carbonyl (C=O) groups is 1. The zero-order valence-electron chi connectivity index (χ0n) is 10.2. The molecule has 0 saturated heterocycles. The predicted octanol–water partition coefficient (Wildman–Crippen LogP) is 1.85. The van der Waals surface area contributed by atoms with Crippen LogP contribution in [0.5, 0.6) is 5.75 Å². The normalized spacial score (nSPS) is 10.1. The zero-order chi connectivity index (χ0) is 13.5. The van der Waals surface area contributed by atoms with Gasteiger partial charge in [0.1, 0.15) is 11.6 Å². The van der Waals surface area contributed by atoms with Crippen LogP contribution in [0.3, 0.4) is 0 Å². The third-order valence-electron chi connectivity index (χ3n) is 2.08. The average molecular weight is 253 g/mol. The fourth-order valence-corrected chi connectivity index (χ4v) is 1.27. The van der Waals surface area contributed by atoms with E-state index in [2.05, 4.69) is 11.9 Å². The summed E-state index contributed by atoms with van der Waals surface area (Å²) in [6.07, 6.45) is 0. The molecule has 98 valence electrons. The Morgan fingerprint density at radius 2 is 2.28 bits per heavy atom. The molecule has 0 aliphatic heterocycles. The van der Waals surface area contributed by atoms with Crippen molar-refractivity contribution in [3.63, 3.8) is 0 Å². The molecule has 18 heavy (non-hydrogen) atoms. The summed E-state index contributed by atoms with van der Waals surface area (Å²) in [6.45, 7) is 6.56. The quantitative estimate of drug-likeness (QED) is 0.601. The van der Waals surface area contributed by atoms with Gasteiger partial charge in [-0.3, -0.25) is 4.79 Å². The number of hydrogen-bond donors (Lipinski definition) is 2. The highest BCUT2D eigenvalue weighted by molar-refractivity contribution is 5.94. The number of amides is 1. The first kappa shape index (κ1) is 14.2. The highest BCUT2D eigenvalue weighted by atomic mass is 19.1. The van der Waals surface area contributed by atoms with Crippen molar-refractivity contribution in [2.24, 2.45) is 0 Å². The summed E-state index contributed by atoms with van der Waals surface area (Å²) in [5, 5.41) is 11.5. The Bertz CT molecular complexity index is 446. The van der Waals surface area contributed by atoms with Crippen LogP contribution in [0.1, 0.15) is 17.3 Å². The van der Waals surface area contributed by atoms with E-state index in [9.17, 15) is 9.18 Å². The number of carbonyl (C=O) groups excluding carboxylic acids is 1. The van der Waals surface area contributed by atoms with Crippen LogP contribution in [-0.2, 0) is 4.74 Å². The van der Waals surface area contributed by atoms with E-state index in [1.54, 1.807) is 0 Å². The van der Waals surface area contributed by atoms with Crippen molar-refractivity contribution in [2.45, 2.75) is 6.92 Å². The summed E-state index contributed by atoms with van der Waals surface area (Å²) in [7, 11) is 0. The summed E-state index contributed by atoms with van der Waals surface area (Å²) >= 11 is 0. The molecule has 1 aromatic rings. The van der Waals surface area contributed by atoms with E-state index in [4.69, 9.17) is 9.84 Å². The lowest BCUT2D eigenvalue weighted by Crippen LogP contribution is -2.28. The van der Waals surface area contributed by atoms with Gasteiger partial charge in [0.15, 0.2) is 0 Å². The molecule has 4 nitrogen and oxygen atoms in total. The third kappa shape index (κ3) is 4.55. The topological polar surface area (TPSA) is 58.6 Å². The van der Waals surface area contributed by atoms with Gasteiger partial charge in [0.25, 0.3) is 5.91 Å². The van der Waals surface area contributed by atoms with E-state index in [-0.39, 0.29) is 17.9 Å². The molecule has 1 aromatic carbocycles. The van der Waals surface area contributed by atoms with Gasteiger partial charge in [-0.2, -0.15) is 0 Å². The maximum absolute atomic E-state index is 13.3. The Morgan fingerprint density at radius 1 is 1.56 bits per heavy atom. The van der Waals surface area contributed by atoms with Gasteiger partial charge in [-0.15, -0.1) is 0 Å². The lowest BCUT2D eigenvalue weighted by Gasteiger charge is -2.07. The molecule has 0 saturated carbocycles. The van der Waals surface area contributed by atoms with Crippen molar-refractivity contribution in [3.05, 3.63) is 41.7 Å². The van der Waals surface area contributed by atoms with Crippen LogP contribution in [0.4, 0.5) is 4.39 Å². The summed E-state index contributed by atoms with van der Waals surface area (Å²) in [6, 6.07) is 3.39. The molecule has 0 fully saturated rings. The highest BCUT2D eigenvalue weighted by Gasteiger charge is 2.11. The molecule has 0 aliphatic rings. The first-order valence-corrected chi connectivity index (χ1v) is 5.49. The minimum atomic E-state index is -0.754. The van der Waals surface area contributed by atoms with E-state index in [1.165, 1.54) is 12.1 Å². The second-order valence-corrected chi connectivity index (χ2v) is 3.93. The van der Waals surface area contributed by atoms with E-state index < -0.39 is 11.7 Å². The summed E-state index contributed by atoms with van der Waals surface area (Å²) in [5.41, 5.74) is 0.790. The van der Waals surface area contributed by atoms with Crippen molar-refractivity contribution < 1.29 is 19.0 Å². The van der Waals surface area contributed by atoms with Gasteiger partial charge in [-0.1, -0.05) is 12.2 Å². The zero-order valence-corrected chi connectivity index (χ0v) is 10.2. The summed E-state index contributed by atoms with van der Waals surface area (Å²) in [4.78, 5) is 11.6. The highest BCUT2D eigenvalue weighted by Crippen LogP contribution is 2.14. The number of rotatable bonds is 6. The van der Waals surface area contributed by atoms with Crippen molar-refractivity contribution in [2.75, 3.05) is 19.8 Å². The lowest BCUT2D eigenvalue weighted by molar-refractivity contribution is 0.0923. The van der Waals surface area contributed by atoms with Gasteiger partial charge in [0.2, 0.25) is 0 Å². The van der Waals surface area contributed by atoms with Crippen molar-refractivity contribution >= 4 is 5.91 Å². The van der Waals surface area contributed by atoms with E-state index >= 15 is 0 Å². The molecule has 0 bridgehead atoms. The molecular weight excluding hydrogens is 237 g/mol. The Morgan fingerprint density at radius 3 is 2.89 bits per heavy atom. The SMILES string of the molecule is C=C(C)COCCNC(=O)c1ccc(O)cc1F. The maximum atomic E-state index is 13.3. The van der Waals surface area contributed by atoms with Gasteiger partial charge < -0.3 is 15.2 Å². The van der Waals surface area contributed by atoms with Gasteiger partial charge in [0.05, 0.1) is 18.8 Å². The molecule has 0 unspecified atom stereocenters. The van der Waals surface area contributed by atoms with Gasteiger partial charge in [0, 0.05) is 12.6 Å². The standard InChI is InChI=1S/C13H16FNO3/c1-9(2)8-18-6-5-15-13(17)11-4-3-10(16)7-12(11)14/h3-4,7,16H,1,5-6,8H2,2H3,(H,15,17). The number of hydrogen-bond acceptors (Lipinski definition) is 3. The van der Waals surface area contributed by atoms with Gasteiger partial charge in [-0.25, -0.2) is 4.39 Å². The predicted molar refractivity (Wildman–Crippen MR) is 66.0 cm³/mol. The molecule has 0 atom stereocenters.